The van der Waals surface area contributed by atoms with Gasteiger partial charge in [-0.15, -0.1) is 0 Å². The number of ether oxygens (including phenoxy) is 1. The molecule has 1 aliphatic rings. The SMILES string of the molecule is CC(C)COc1ccc(CN(C(=O)NCc2ccc(F)cc2)[C@H]2CCCNCC2)cc1. The summed E-state index contributed by atoms with van der Waals surface area (Å²) in [4.78, 5) is 15.1. The van der Waals surface area contributed by atoms with Crippen molar-refractivity contribution >= 4 is 6.03 Å². The molecule has 2 amide bonds. The Balaban J connectivity index is 1.66. The van der Waals surface area contributed by atoms with Crippen LogP contribution in [0.3, 0.4) is 0 Å². The Hall–Kier alpha value is -2.60. The molecule has 2 N–H and O–H groups in total. The van der Waals surface area contributed by atoms with Crippen molar-refractivity contribution in [1.82, 2.24) is 15.5 Å². The molecule has 2 aromatic rings. The first-order chi connectivity index (χ1) is 15.0. The van der Waals surface area contributed by atoms with Crippen LogP contribution in [0.5, 0.6) is 5.75 Å². The van der Waals surface area contributed by atoms with Gasteiger partial charge in [0.15, 0.2) is 0 Å². The number of nitrogens with zero attached hydrogens (tertiary/aromatic N) is 1. The number of urea groups is 1. The first-order valence-corrected chi connectivity index (χ1v) is 11.2. The molecule has 1 atom stereocenters. The zero-order valence-corrected chi connectivity index (χ0v) is 18.6. The molecule has 1 fully saturated rings. The average molecular weight is 428 g/mol. The van der Waals surface area contributed by atoms with Gasteiger partial charge in [-0.2, -0.15) is 0 Å². The van der Waals surface area contributed by atoms with E-state index in [1.807, 2.05) is 29.2 Å². The Bertz CT molecular complexity index is 801. The van der Waals surface area contributed by atoms with Gasteiger partial charge in [0.2, 0.25) is 0 Å². The van der Waals surface area contributed by atoms with E-state index in [1.54, 1.807) is 12.1 Å². The van der Waals surface area contributed by atoms with Gasteiger partial charge in [0.1, 0.15) is 11.6 Å². The quantitative estimate of drug-likeness (QED) is 0.641. The van der Waals surface area contributed by atoms with Crippen LogP contribution in [0.15, 0.2) is 48.5 Å². The van der Waals surface area contributed by atoms with Crippen molar-refractivity contribution in [3.05, 3.63) is 65.5 Å². The summed E-state index contributed by atoms with van der Waals surface area (Å²) in [6, 6.07) is 14.3. The highest BCUT2D eigenvalue weighted by Gasteiger charge is 2.24. The van der Waals surface area contributed by atoms with E-state index in [-0.39, 0.29) is 17.9 Å². The minimum Gasteiger partial charge on any atom is -0.493 e. The molecule has 0 bridgehead atoms. The molecule has 1 heterocycles. The molecule has 2 aromatic carbocycles. The second-order valence-electron chi connectivity index (χ2n) is 8.60. The van der Waals surface area contributed by atoms with E-state index in [9.17, 15) is 9.18 Å². The van der Waals surface area contributed by atoms with Gasteiger partial charge in [-0.05, 0) is 73.7 Å². The van der Waals surface area contributed by atoms with E-state index < -0.39 is 0 Å². The van der Waals surface area contributed by atoms with Crippen LogP contribution in [0.4, 0.5) is 9.18 Å². The lowest BCUT2D eigenvalue weighted by atomic mass is 10.1. The zero-order valence-electron chi connectivity index (χ0n) is 18.6. The number of nitrogens with one attached hydrogen (secondary N) is 2. The Morgan fingerprint density at radius 1 is 1.10 bits per heavy atom. The fourth-order valence-corrected chi connectivity index (χ4v) is 3.71. The molecule has 0 aliphatic carbocycles. The number of carbonyl (C=O) groups excluding carboxylic acids is 1. The average Bonchev–Trinajstić information content (AvgIpc) is 3.05. The molecule has 5 nitrogen and oxygen atoms in total. The van der Waals surface area contributed by atoms with Crippen LogP contribution >= 0.6 is 0 Å². The summed E-state index contributed by atoms with van der Waals surface area (Å²) in [5.74, 6) is 1.05. The van der Waals surface area contributed by atoms with Gasteiger partial charge in [-0.25, -0.2) is 9.18 Å². The number of carbonyl (C=O) groups is 1. The lowest BCUT2D eigenvalue weighted by molar-refractivity contribution is 0.163. The first kappa shape index (κ1) is 23.1. The monoisotopic (exact) mass is 427 g/mol. The van der Waals surface area contributed by atoms with E-state index in [0.29, 0.717) is 25.6 Å². The van der Waals surface area contributed by atoms with E-state index in [4.69, 9.17) is 4.74 Å². The van der Waals surface area contributed by atoms with Crippen LogP contribution in [0.2, 0.25) is 0 Å². The van der Waals surface area contributed by atoms with Crippen molar-refractivity contribution in [3.63, 3.8) is 0 Å². The number of halogens is 1. The Morgan fingerprint density at radius 3 is 2.52 bits per heavy atom. The molecule has 3 rings (SSSR count). The van der Waals surface area contributed by atoms with Crippen molar-refractivity contribution in [2.75, 3.05) is 19.7 Å². The van der Waals surface area contributed by atoms with Gasteiger partial charge in [0, 0.05) is 19.1 Å². The van der Waals surface area contributed by atoms with Gasteiger partial charge < -0.3 is 20.3 Å². The summed E-state index contributed by atoms with van der Waals surface area (Å²) < 4.78 is 18.9. The van der Waals surface area contributed by atoms with Crippen molar-refractivity contribution in [3.8, 4) is 5.75 Å². The predicted molar refractivity (Wildman–Crippen MR) is 121 cm³/mol. The topological polar surface area (TPSA) is 53.6 Å². The standard InChI is InChI=1S/C25H34FN3O2/c1-19(2)18-31-24-11-7-21(8-12-24)17-29(23-4-3-14-27-15-13-23)25(30)28-16-20-5-9-22(26)10-6-20/h5-12,19,23,27H,3-4,13-18H2,1-2H3,(H,28,30)/t23-/m0/s1. The first-order valence-electron chi connectivity index (χ1n) is 11.2. The smallest absolute Gasteiger partial charge is 0.318 e. The highest BCUT2D eigenvalue weighted by Crippen LogP contribution is 2.20. The minimum atomic E-state index is -0.275. The van der Waals surface area contributed by atoms with Crippen LogP contribution < -0.4 is 15.4 Å². The van der Waals surface area contributed by atoms with Crippen molar-refractivity contribution in [2.45, 2.75) is 52.2 Å². The molecular formula is C25H34FN3O2. The van der Waals surface area contributed by atoms with Crippen molar-refractivity contribution < 1.29 is 13.9 Å². The van der Waals surface area contributed by atoms with E-state index in [2.05, 4.69) is 24.5 Å². The van der Waals surface area contributed by atoms with E-state index in [1.165, 1.54) is 12.1 Å². The number of rotatable bonds is 8. The largest absolute Gasteiger partial charge is 0.493 e. The molecular weight excluding hydrogens is 393 g/mol. The summed E-state index contributed by atoms with van der Waals surface area (Å²) in [6.07, 6.45) is 2.96. The van der Waals surface area contributed by atoms with Gasteiger partial charge in [-0.3, -0.25) is 0 Å². The predicted octanol–water partition coefficient (Wildman–Crippen LogP) is 4.71. The Labute approximate surface area is 185 Å². The summed E-state index contributed by atoms with van der Waals surface area (Å²) in [6.45, 7) is 7.76. The van der Waals surface area contributed by atoms with Crippen molar-refractivity contribution in [2.24, 2.45) is 5.92 Å². The summed E-state index contributed by atoms with van der Waals surface area (Å²) in [5, 5.41) is 6.44. The highest BCUT2D eigenvalue weighted by molar-refractivity contribution is 5.74. The van der Waals surface area contributed by atoms with Crippen molar-refractivity contribution in [1.29, 1.82) is 0 Å². The Kier molecular flexibility index (Phi) is 8.71. The number of amides is 2. The molecule has 1 saturated heterocycles. The lowest BCUT2D eigenvalue weighted by Gasteiger charge is -2.31. The maximum absolute atomic E-state index is 13.1. The third kappa shape index (κ3) is 7.55. The fourth-order valence-electron chi connectivity index (χ4n) is 3.71. The van der Waals surface area contributed by atoms with Gasteiger partial charge in [-0.1, -0.05) is 38.1 Å². The molecule has 0 saturated carbocycles. The molecule has 0 unspecified atom stereocenters. The molecule has 0 radical (unpaired) electrons. The summed E-state index contributed by atoms with van der Waals surface area (Å²) in [5.41, 5.74) is 1.95. The van der Waals surface area contributed by atoms with E-state index >= 15 is 0 Å². The van der Waals surface area contributed by atoms with Crippen LogP contribution in [-0.2, 0) is 13.1 Å². The zero-order chi connectivity index (χ0) is 22.1. The van der Waals surface area contributed by atoms with Gasteiger partial charge in [0.25, 0.3) is 0 Å². The maximum atomic E-state index is 13.1. The molecule has 0 spiro atoms. The van der Waals surface area contributed by atoms with E-state index in [0.717, 1.165) is 49.2 Å². The molecule has 0 aromatic heterocycles. The highest BCUT2D eigenvalue weighted by atomic mass is 19.1. The summed E-state index contributed by atoms with van der Waals surface area (Å²) >= 11 is 0. The normalized spacial score (nSPS) is 16.6. The number of benzene rings is 2. The second-order valence-corrected chi connectivity index (χ2v) is 8.60. The van der Waals surface area contributed by atoms with Gasteiger partial charge in [0.05, 0.1) is 6.61 Å². The third-order valence-corrected chi connectivity index (χ3v) is 5.46. The Morgan fingerprint density at radius 2 is 1.81 bits per heavy atom. The maximum Gasteiger partial charge on any atom is 0.318 e. The number of hydrogen-bond acceptors (Lipinski definition) is 3. The molecule has 31 heavy (non-hydrogen) atoms. The third-order valence-electron chi connectivity index (χ3n) is 5.46. The lowest BCUT2D eigenvalue weighted by Crippen LogP contribution is -2.45. The van der Waals surface area contributed by atoms with Gasteiger partial charge >= 0.3 is 6.03 Å². The molecule has 1 aliphatic heterocycles. The minimum absolute atomic E-state index is 0.0867. The van der Waals surface area contributed by atoms with Crippen LogP contribution in [-0.4, -0.2) is 36.7 Å². The number of hydrogen-bond donors (Lipinski definition) is 2. The second kappa shape index (κ2) is 11.7. The van der Waals surface area contributed by atoms with Crippen LogP contribution in [0.1, 0.15) is 44.2 Å². The fraction of sp³-hybridized carbons (Fsp3) is 0.480. The van der Waals surface area contributed by atoms with Crippen LogP contribution in [0, 0.1) is 11.7 Å². The molecule has 168 valence electrons. The van der Waals surface area contributed by atoms with Crippen LogP contribution in [0.25, 0.3) is 0 Å². The summed E-state index contributed by atoms with van der Waals surface area (Å²) in [7, 11) is 0. The molecule has 6 heteroatoms.